The molecule has 0 unspecified atom stereocenters. The van der Waals surface area contributed by atoms with E-state index < -0.39 is 6.10 Å². The van der Waals surface area contributed by atoms with Crippen molar-refractivity contribution in [2.24, 2.45) is 0 Å². The molecule has 0 aliphatic carbocycles. The third kappa shape index (κ3) is 5.51. The SMILES string of the molecule is Cc1ccc(C(C)C)c(O[C@@H](C)C(=O)NCCOc2ccccc2C)c1. The third-order valence-corrected chi connectivity index (χ3v) is 4.22. The Bertz CT molecular complexity index is 740. The Kier molecular flexibility index (Phi) is 7.07. The topological polar surface area (TPSA) is 47.6 Å². The molecule has 140 valence electrons. The van der Waals surface area contributed by atoms with Crippen molar-refractivity contribution >= 4 is 5.91 Å². The summed E-state index contributed by atoms with van der Waals surface area (Å²) in [4.78, 5) is 12.3. The monoisotopic (exact) mass is 355 g/mol. The Morgan fingerprint density at radius 3 is 2.46 bits per heavy atom. The van der Waals surface area contributed by atoms with E-state index in [4.69, 9.17) is 9.47 Å². The van der Waals surface area contributed by atoms with E-state index in [0.717, 1.165) is 28.2 Å². The highest BCUT2D eigenvalue weighted by atomic mass is 16.5. The van der Waals surface area contributed by atoms with Crippen molar-refractivity contribution in [1.82, 2.24) is 5.32 Å². The van der Waals surface area contributed by atoms with Gasteiger partial charge in [-0.15, -0.1) is 0 Å². The molecule has 0 fully saturated rings. The van der Waals surface area contributed by atoms with Gasteiger partial charge in [-0.05, 0) is 55.5 Å². The summed E-state index contributed by atoms with van der Waals surface area (Å²) in [5, 5.41) is 2.87. The van der Waals surface area contributed by atoms with E-state index >= 15 is 0 Å². The highest BCUT2D eigenvalue weighted by molar-refractivity contribution is 5.80. The van der Waals surface area contributed by atoms with E-state index in [-0.39, 0.29) is 5.91 Å². The first-order valence-corrected chi connectivity index (χ1v) is 9.12. The van der Waals surface area contributed by atoms with Crippen LogP contribution in [0.2, 0.25) is 0 Å². The molecule has 0 heterocycles. The van der Waals surface area contributed by atoms with Gasteiger partial charge >= 0.3 is 0 Å². The van der Waals surface area contributed by atoms with E-state index in [2.05, 4.69) is 31.3 Å². The Morgan fingerprint density at radius 2 is 1.77 bits per heavy atom. The number of ether oxygens (including phenoxy) is 2. The van der Waals surface area contributed by atoms with Gasteiger partial charge in [-0.1, -0.05) is 44.2 Å². The lowest BCUT2D eigenvalue weighted by Crippen LogP contribution is -2.38. The first kappa shape index (κ1) is 19.8. The van der Waals surface area contributed by atoms with Crippen LogP contribution < -0.4 is 14.8 Å². The molecule has 1 N–H and O–H groups in total. The van der Waals surface area contributed by atoms with E-state index in [9.17, 15) is 4.79 Å². The van der Waals surface area contributed by atoms with Crippen molar-refractivity contribution in [3.8, 4) is 11.5 Å². The Morgan fingerprint density at radius 1 is 1.04 bits per heavy atom. The second kappa shape index (κ2) is 9.27. The lowest BCUT2D eigenvalue weighted by atomic mass is 10.0. The van der Waals surface area contributed by atoms with Crippen LogP contribution in [0, 0.1) is 13.8 Å². The average Bonchev–Trinajstić information content (AvgIpc) is 2.59. The summed E-state index contributed by atoms with van der Waals surface area (Å²) in [6, 6.07) is 13.9. The summed E-state index contributed by atoms with van der Waals surface area (Å²) in [6.45, 7) is 10.9. The zero-order valence-electron chi connectivity index (χ0n) is 16.3. The first-order chi connectivity index (χ1) is 12.4. The van der Waals surface area contributed by atoms with Gasteiger partial charge in [0.1, 0.15) is 18.1 Å². The molecule has 0 saturated heterocycles. The Labute approximate surface area is 156 Å². The second-order valence-electron chi connectivity index (χ2n) is 6.86. The summed E-state index contributed by atoms with van der Waals surface area (Å²) < 4.78 is 11.6. The Balaban J connectivity index is 1.84. The molecule has 4 nitrogen and oxygen atoms in total. The largest absolute Gasteiger partial charge is 0.491 e. The highest BCUT2D eigenvalue weighted by Crippen LogP contribution is 2.28. The molecule has 1 amide bonds. The van der Waals surface area contributed by atoms with Crippen molar-refractivity contribution in [1.29, 1.82) is 0 Å². The van der Waals surface area contributed by atoms with Crippen molar-refractivity contribution in [2.75, 3.05) is 13.2 Å². The number of carbonyl (C=O) groups is 1. The van der Waals surface area contributed by atoms with Crippen LogP contribution >= 0.6 is 0 Å². The second-order valence-corrected chi connectivity index (χ2v) is 6.86. The molecule has 2 rings (SSSR count). The number of hydrogen-bond acceptors (Lipinski definition) is 3. The van der Waals surface area contributed by atoms with E-state index in [1.54, 1.807) is 6.92 Å². The number of amides is 1. The first-order valence-electron chi connectivity index (χ1n) is 9.12. The van der Waals surface area contributed by atoms with Gasteiger partial charge in [-0.25, -0.2) is 0 Å². The maximum Gasteiger partial charge on any atom is 0.260 e. The van der Waals surface area contributed by atoms with Crippen LogP contribution in [-0.4, -0.2) is 25.2 Å². The van der Waals surface area contributed by atoms with Crippen molar-refractivity contribution in [3.05, 3.63) is 59.2 Å². The minimum absolute atomic E-state index is 0.144. The molecule has 26 heavy (non-hydrogen) atoms. The fraction of sp³-hybridized carbons (Fsp3) is 0.409. The van der Waals surface area contributed by atoms with E-state index in [0.29, 0.717) is 19.1 Å². The van der Waals surface area contributed by atoms with Crippen LogP contribution in [0.25, 0.3) is 0 Å². The molecule has 2 aromatic carbocycles. The quantitative estimate of drug-likeness (QED) is 0.715. The number of benzene rings is 2. The van der Waals surface area contributed by atoms with Gasteiger partial charge < -0.3 is 14.8 Å². The maximum absolute atomic E-state index is 12.3. The minimum Gasteiger partial charge on any atom is -0.491 e. The van der Waals surface area contributed by atoms with Gasteiger partial charge in [0.25, 0.3) is 5.91 Å². The molecular weight excluding hydrogens is 326 g/mol. The number of aryl methyl sites for hydroxylation is 2. The number of hydrogen-bond donors (Lipinski definition) is 1. The third-order valence-electron chi connectivity index (χ3n) is 4.22. The van der Waals surface area contributed by atoms with Gasteiger partial charge in [0.2, 0.25) is 0 Å². The smallest absolute Gasteiger partial charge is 0.260 e. The van der Waals surface area contributed by atoms with Crippen LogP contribution in [0.3, 0.4) is 0 Å². The molecule has 4 heteroatoms. The van der Waals surface area contributed by atoms with Gasteiger partial charge in [-0.3, -0.25) is 4.79 Å². The van der Waals surface area contributed by atoms with Crippen LogP contribution in [0.15, 0.2) is 42.5 Å². The standard InChI is InChI=1S/C22H29NO3/c1-15(2)19-11-10-16(3)14-21(19)26-18(5)22(24)23-12-13-25-20-9-7-6-8-17(20)4/h6-11,14-15,18H,12-13H2,1-5H3,(H,23,24)/t18-/m0/s1. The van der Waals surface area contributed by atoms with Crippen LogP contribution in [-0.2, 0) is 4.79 Å². The zero-order valence-corrected chi connectivity index (χ0v) is 16.3. The van der Waals surface area contributed by atoms with Crippen molar-refractivity contribution in [2.45, 2.75) is 46.6 Å². The van der Waals surface area contributed by atoms with Crippen molar-refractivity contribution < 1.29 is 14.3 Å². The number of nitrogens with one attached hydrogen (secondary N) is 1. The zero-order chi connectivity index (χ0) is 19.1. The van der Waals surface area contributed by atoms with Gasteiger partial charge in [0, 0.05) is 0 Å². The predicted octanol–water partition coefficient (Wildman–Crippen LogP) is 4.39. The van der Waals surface area contributed by atoms with E-state index in [1.165, 1.54) is 0 Å². The van der Waals surface area contributed by atoms with Crippen LogP contribution in [0.5, 0.6) is 11.5 Å². The molecule has 0 bridgehead atoms. The summed E-state index contributed by atoms with van der Waals surface area (Å²) in [5.74, 6) is 1.81. The molecule has 2 aromatic rings. The highest BCUT2D eigenvalue weighted by Gasteiger charge is 2.17. The minimum atomic E-state index is -0.562. The molecule has 0 radical (unpaired) electrons. The van der Waals surface area contributed by atoms with Crippen molar-refractivity contribution in [3.63, 3.8) is 0 Å². The van der Waals surface area contributed by atoms with E-state index in [1.807, 2.05) is 44.2 Å². The van der Waals surface area contributed by atoms with Gasteiger partial charge in [0.05, 0.1) is 6.54 Å². The fourth-order valence-corrected chi connectivity index (χ4v) is 2.66. The molecule has 0 aliphatic rings. The number of rotatable bonds is 8. The van der Waals surface area contributed by atoms with Crippen LogP contribution in [0.1, 0.15) is 43.4 Å². The summed E-state index contributed by atoms with van der Waals surface area (Å²) in [6.07, 6.45) is -0.562. The molecule has 0 aromatic heterocycles. The Hall–Kier alpha value is -2.49. The molecule has 0 saturated carbocycles. The number of para-hydroxylation sites is 1. The molecule has 0 aliphatic heterocycles. The lowest BCUT2D eigenvalue weighted by Gasteiger charge is -2.19. The average molecular weight is 355 g/mol. The fourth-order valence-electron chi connectivity index (χ4n) is 2.66. The van der Waals surface area contributed by atoms with Gasteiger partial charge in [0.15, 0.2) is 6.10 Å². The maximum atomic E-state index is 12.3. The number of carbonyl (C=O) groups excluding carboxylic acids is 1. The normalized spacial score (nSPS) is 11.9. The lowest BCUT2D eigenvalue weighted by molar-refractivity contribution is -0.127. The summed E-state index contributed by atoms with van der Waals surface area (Å²) in [7, 11) is 0. The summed E-state index contributed by atoms with van der Waals surface area (Å²) in [5.41, 5.74) is 3.30. The predicted molar refractivity (Wildman–Crippen MR) is 105 cm³/mol. The molecule has 0 spiro atoms. The van der Waals surface area contributed by atoms with Crippen LogP contribution in [0.4, 0.5) is 0 Å². The van der Waals surface area contributed by atoms with Gasteiger partial charge in [-0.2, -0.15) is 0 Å². The molecule has 1 atom stereocenters. The molecular formula is C22H29NO3. The summed E-state index contributed by atoms with van der Waals surface area (Å²) >= 11 is 0.